The first kappa shape index (κ1) is 29.9. The summed E-state index contributed by atoms with van der Waals surface area (Å²) in [5.41, 5.74) is 3.43. The van der Waals surface area contributed by atoms with E-state index in [1.165, 1.54) is 17.0 Å². The summed E-state index contributed by atoms with van der Waals surface area (Å²) >= 11 is 0. The van der Waals surface area contributed by atoms with Crippen molar-refractivity contribution in [2.45, 2.75) is 71.5 Å². The Balaban J connectivity index is 2.06. The number of sulfonamides is 1. The molecule has 208 valence electrons. The molecule has 0 aliphatic carbocycles. The Labute approximate surface area is 232 Å². The summed E-state index contributed by atoms with van der Waals surface area (Å²) in [5.74, 6) is -0.792. The van der Waals surface area contributed by atoms with Crippen molar-refractivity contribution < 1.29 is 18.0 Å². The standard InChI is InChI=1S/C31H39N3O4S/c1-22-14-17-26(18-15-22)20-33(25(4)30(36)32-31(5,6)7)29(35)21-34(28-19-23(2)13-16-24(28)3)39(37,38)27-11-9-8-10-12-27/h8-19,25H,20-21H2,1-7H3,(H,32,36). The van der Waals surface area contributed by atoms with E-state index in [4.69, 9.17) is 0 Å². The normalized spacial score (nSPS) is 12.5. The molecule has 7 nitrogen and oxygen atoms in total. The van der Waals surface area contributed by atoms with E-state index >= 15 is 0 Å². The molecule has 2 amide bonds. The Kier molecular flexibility index (Phi) is 9.22. The third-order valence-electron chi connectivity index (χ3n) is 6.38. The third kappa shape index (κ3) is 7.69. The van der Waals surface area contributed by atoms with Gasteiger partial charge in [0.1, 0.15) is 12.6 Å². The fourth-order valence-electron chi connectivity index (χ4n) is 4.17. The van der Waals surface area contributed by atoms with Crippen LogP contribution in [0.15, 0.2) is 77.7 Å². The fraction of sp³-hybridized carbons (Fsp3) is 0.355. The largest absolute Gasteiger partial charge is 0.350 e. The Morgan fingerprint density at radius 3 is 2.05 bits per heavy atom. The highest BCUT2D eigenvalue weighted by molar-refractivity contribution is 7.92. The summed E-state index contributed by atoms with van der Waals surface area (Å²) in [7, 11) is -4.09. The van der Waals surface area contributed by atoms with Gasteiger partial charge in [0.25, 0.3) is 10.0 Å². The van der Waals surface area contributed by atoms with Gasteiger partial charge in [-0.15, -0.1) is 0 Å². The zero-order chi connectivity index (χ0) is 29.0. The molecule has 0 saturated carbocycles. The lowest BCUT2D eigenvalue weighted by Gasteiger charge is -2.34. The van der Waals surface area contributed by atoms with E-state index in [1.807, 2.05) is 77.9 Å². The van der Waals surface area contributed by atoms with Crippen LogP contribution in [0.4, 0.5) is 5.69 Å². The molecule has 0 saturated heterocycles. The van der Waals surface area contributed by atoms with Crippen LogP contribution in [0, 0.1) is 20.8 Å². The van der Waals surface area contributed by atoms with Crippen LogP contribution < -0.4 is 9.62 Å². The van der Waals surface area contributed by atoms with Gasteiger partial charge >= 0.3 is 0 Å². The predicted molar refractivity (Wildman–Crippen MR) is 156 cm³/mol. The van der Waals surface area contributed by atoms with Crippen LogP contribution in [0.25, 0.3) is 0 Å². The highest BCUT2D eigenvalue weighted by Gasteiger charge is 2.33. The molecule has 1 atom stereocenters. The van der Waals surface area contributed by atoms with E-state index in [-0.39, 0.29) is 17.3 Å². The van der Waals surface area contributed by atoms with Crippen LogP contribution in [-0.4, -0.2) is 43.3 Å². The van der Waals surface area contributed by atoms with Gasteiger partial charge in [0.2, 0.25) is 11.8 Å². The van der Waals surface area contributed by atoms with Gasteiger partial charge in [-0.2, -0.15) is 0 Å². The van der Waals surface area contributed by atoms with Gasteiger partial charge in [0.15, 0.2) is 0 Å². The summed E-state index contributed by atoms with van der Waals surface area (Å²) in [4.78, 5) is 28.7. The third-order valence-corrected chi connectivity index (χ3v) is 8.16. The smallest absolute Gasteiger partial charge is 0.264 e. The molecule has 0 radical (unpaired) electrons. The summed E-state index contributed by atoms with van der Waals surface area (Å²) in [6.07, 6.45) is 0. The lowest BCUT2D eigenvalue weighted by atomic mass is 10.1. The molecule has 8 heteroatoms. The number of carbonyl (C=O) groups is 2. The van der Waals surface area contributed by atoms with E-state index in [2.05, 4.69) is 5.32 Å². The first-order chi connectivity index (χ1) is 18.2. The molecule has 0 fully saturated rings. The monoisotopic (exact) mass is 549 g/mol. The number of amides is 2. The van der Waals surface area contributed by atoms with Gasteiger partial charge in [-0.05, 0) is 83.4 Å². The number of hydrogen-bond acceptors (Lipinski definition) is 4. The van der Waals surface area contributed by atoms with Crippen molar-refractivity contribution >= 4 is 27.5 Å². The number of nitrogens with one attached hydrogen (secondary N) is 1. The molecule has 3 aromatic rings. The predicted octanol–water partition coefficient (Wildman–Crippen LogP) is 5.14. The SMILES string of the molecule is Cc1ccc(CN(C(=O)CN(c2cc(C)ccc2C)S(=O)(=O)c2ccccc2)C(C)C(=O)NC(C)(C)C)cc1. The highest BCUT2D eigenvalue weighted by atomic mass is 32.2. The van der Waals surface area contributed by atoms with Gasteiger partial charge in [-0.1, -0.05) is 60.2 Å². The summed E-state index contributed by atoms with van der Waals surface area (Å²) < 4.78 is 29.0. The molecule has 1 unspecified atom stereocenters. The van der Waals surface area contributed by atoms with Crippen LogP contribution in [0.5, 0.6) is 0 Å². The van der Waals surface area contributed by atoms with Crippen LogP contribution in [-0.2, 0) is 26.2 Å². The van der Waals surface area contributed by atoms with Gasteiger partial charge in [0.05, 0.1) is 10.6 Å². The molecule has 0 aliphatic heterocycles. The Bertz CT molecular complexity index is 1410. The van der Waals surface area contributed by atoms with E-state index in [0.717, 1.165) is 26.6 Å². The zero-order valence-electron chi connectivity index (χ0n) is 23.9. The van der Waals surface area contributed by atoms with Crippen molar-refractivity contribution in [1.29, 1.82) is 0 Å². The second-order valence-electron chi connectivity index (χ2n) is 11.0. The number of aryl methyl sites for hydroxylation is 3. The molecular formula is C31H39N3O4S. The Morgan fingerprint density at radius 1 is 0.872 bits per heavy atom. The maximum absolute atomic E-state index is 14.0. The number of carbonyl (C=O) groups excluding carboxylic acids is 2. The topological polar surface area (TPSA) is 86.8 Å². The lowest BCUT2D eigenvalue weighted by Crippen LogP contribution is -2.54. The van der Waals surface area contributed by atoms with Gasteiger partial charge in [-0.3, -0.25) is 13.9 Å². The minimum absolute atomic E-state index is 0.0855. The minimum atomic E-state index is -4.09. The molecule has 0 aliphatic rings. The number of nitrogens with zero attached hydrogens (tertiary/aromatic N) is 2. The first-order valence-corrected chi connectivity index (χ1v) is 14.4. The van der Waals surface area contributed by atoms with Crippen molar-refractivity contribution in [3.63, 3.8) is 0 Å². The molecule has 3 aromatic carbocycles. The molecular weight excluding hydrogens is 510 g/mol. The molecule has 3 rings (SSSR count). The van der Waals surface area contributed by atoms with E-state index < -0.39 is 34.1 Å². The molecule has 0 spiro atoms. The molecule has 1 N–H and O–H groups in total. The summed E-state index contributed by atoms with van der Waals surface area (Å²) in [5, 5.41) is 2.94. The van der Waals surface area contributed by atoms with Crippen LogP contribution in [0.2, 0.25) is 0 Å². The maximum atomic E-state index is 14.0. The van der Waals surface area contributed by atoms with Gasteiger partial charge < -0.3 is 10.2 Å². The van der Waals surface area contributed by atoms with Crippen LogP contribution >= 0.6 is 0 Å². The number of rotatable bonds is 9. The summed E-state index contributed by atoms with van der Waals surface area (Å²) in [6.45, 7) is 12.7. The number of benzene rings is 3. The average Bonchev–Trinajstić information content (AvgIpc) is 2.87. The van der Waals surface area contributed by atoms with Crippen molar-refractivity contribution in [3.05, 3.63) is 95.1 Å². The molecule has 0 aromatic heterocycles. The Hall–Kier alpha value is -3.65. The van der Waals surface area contributed by atoms with Crippen molar-refractivity contribution in [3.8, 4) is 0 Å². The number of anilines is 1. The lowest BCUT2D eigenvalue weighted by molar-refractivity contribution is -0.140. The molecule has 39 heavy (non-hydrogen) atoms. The van der Waals surface area contributed by atoms with E-state index in [1.54, 1.807) is 31.2 Å². The fourth-order valence-corrected chi connectivity index (χ4v) is 5.66. The van der Waals surface area contributed by atoms with E-state index in [0.29, 0.717) is 5.69 Å². The van der Waals surface area contributed by atoms with Gasteiger partial charge in [-0.25, -0.2) is 8.42 Å². The molecule has 0 bridgehead atoms. The second kappa shape index (κ2) is 12.0. The van der Waals surface area contributed by atoms with Crippen molar-refractivity contribution in [1.82, 2.24) is 10.2 Å². The first-order valence-electron chi connectivity index (χ1n) is 13.0. The maximum Gasteiger partial charge on any atom is 0.264 e. The van der Waals surface area contributed by atoms with Crippen molar-refractivity contribution in [2.75, 3.05) is 10.8 Å². The van der Waals surface area contributed by atoms with Crippen LogP contribution in [0.1, 0.15) is 49.9 Å². The quantitative estimate of drug-likeness (QED) is 0.401. The Morgan fingerprint density at radius 2 is 1.46 bits per heavy atom. The zero-order valence-corrected chi connectivity index (χ0v) is 24.7. The minimum Gasteiger partial charge on any atom is -0.350 e. The number of hydrogen-bond donors (Lipinski definition) is 1. The van der Waals surface area contributed by atoms with Crippen LogP contribution in [0.3, 0.4) is 0 Å². The average molecular weight is 550 g/mol. The van der Waals surface area contributed by atoms with Crippen molar-refractivity contribution in [2.24, 2.45) is 0 Å². The summed E-state index contributed by atoms with van der Waals surface area (Å²) in [6, 6.07) is 20.5. The highest BCUT2D eigenvalue weighted by Crippen LogP contribution is 2.28. The van der Waals surface area contributed by atoms with Gasteiger partial charge in [0, 0.05) is 12.1 Å². The molecule has 0 heterocycles. The second-order valence-corrected chi connectivity index (χ2v) is 12.9. The van der Waals surface area contributed by atoms with E-state index in [9.17, 15) is 18.0 Å².